The first-order valence-electron chi connectivity index (χ1n) is 6.64. The van der Waals surface area contributed by atoms with Crippen LogP contribution >= 0.6 is 0 Å². The Balaban J connectivity index is 2.68. The quantitative estimate of drug-likeness (QED) is 0.684. The third-order valence-electron chi connectivity index (χ3n) is 3.58. The van der Waals surface area contributed by atoms with Crippen LogP contribution in [0.2, 0.25) is 19.3 Å². The molecule has 0 saturated heterocycles. The van der Waals surface area contributed by atoms with Crippen molar-refractivity contribution in [2.24, 2.45) is 0 Å². The fraction of sp³-hybridized carbons (Fsp3) is 0.714. The second-order valence-corrected chi connectivity index (χ2v) is 25.4. The van der Waals surface area contributed by atoms with Gasteiger partial charge in [-0.05, 0) is 0 Å². The van der Waals surface area contributed by atoms with Crippen LogP contribution in [0.25, 0.3) is 0 Å². The van der Waals surface area contributed by atoms with E-state index in [0.29, 0.717) is 12.2 Å². The second kappa shape index (κ2) is 5.69. The standard InChI is InChI=1S/C11H17O2S.3CH3.Sn/c1-4-9-14(12,13)11(3)7-5-10(2)6-8-11;;;;/h5-7H,1,4,8-9H2,2-3H3;3*1H3;. The molecular formula is C14H26O2SSn. The van der Waals surface area contributed by atoms with E-state index in [1.807, 2.05) is 32.1 Å². The third kappa shape index (κ3) is 4.41. The molecule has 1 aliphatic carbocycles. The molecule has 0 aromatic carbocycles. The van der Waals surface area contributed by atoms with Crippen molar-refractivity contribution in [2.75, 3.05) is 5.75 Å². The van der Waals surface area contributed by atoms with Crippen LogP contribution in [0.5, 0.6) is 0 Å². The molecule has 18 heavy (non-hydrogen) atoms. The van der Waals surface area contributed by atoms with Crippen molar-refractivity contribution in [3.63, 3.8) is 0 Å². The van der Waals surface area contributed by atoms with Gasteiger partial charge in [0, 0.05) is 0 Å². The van der Waals surface area contributed by atoms with Crippen LogP contribution in [0.15, 0.2) is 23.8 Å². The molecule has 1 rings (SSSR count). The van der Waals surface area contributed by atoms with E-state index in [4.69, 9.17) is 0 Å². The monoisotopic (exact) mass is 378 g/mol. The van der Waals surface area contributed by atoms with Gasteiger partial charge in [-0.1, -0.05) is 0 Å². The number of sulfone groups is 1. The predicted octanol–water partition coefficient (Wildman–Crippen LogP) is 3.79. The SMILES string of the molecule is CC1=CCC(C)(S(=O)(=O)CC[CH2][Sn]([CH3])([CH3])[CH3])C=C1. The Morgan fingerprint density at radius 2 is 1.94 bits per heavy atom. The van der Waals surface area contributed by atoms with E-state index in [-0.39, 0.29) is 0 Å². The normalized spacial score (nSPS) is 25.1. The number of hydrogen-bond donors (Lipinski definition) is 0. The van der Waals surface area contributed by atoms with Crippen LogP contribution in [0, 0.1) is 0 Å². The van der Waals surface area contributed by atoms with E-state index in [2.05, 4.69) is 14.8 Å². The summed E-state index contributed by atoms with van der Waals surface area (Å²) in [6, 6.07) is 0. The molecule has 0 fully saturated rings. The van der Waals surface area contributed by atoms with Crippen LogP contribution in [0.3, 0.4) is 0 Å². The summed E-state index contributed by atoms with van der Waals surface area (Å²) in [7, 11) is -3.03. The number of allylic oxidation sites excluding steroid dienone is 3. The van der Waals surface area contributed by atoms with Gasteiger partial charge in [-0.15, -0.1) is 0 Å². The van der Waals surface area contributed by atoms with Gasteiger partial charge in [-0.25, -0.2) is 0 Å². The summed E-state index contributed by atoms with van der Waals surface area (Å²) in [5.41, 5.74) is 1.16. The molecule has 2 nitrogen and oxygen atoms in total. The molecule has 1 unspecified atom stereocenters. The van der Waals surface area contributed by atoms with E-state index in [9.17, 15) is 8.42 Å². The van der Waals surface area contributed by atoms with Crippen molar-refractivity contribution in [3.8, 4) is 0 Å². The summed E-state index contributed by atoms with van der Waals surface area (Å²) in [5.74, 6) is 0.342. The van der Waals surface area contributed by atoms with Gasteiger partial charge in [-0.2, -0.15) is 0 Å². The Labute approximate surface area is 116 Å². The second-order valence-electron chi connectivity index (χ2n) is 6.78. The first kappa shape index (κ1) is 16.3. The molecule has 0 aliphatic heterocycles. The summed E-state index contributed by atoms with van der Waals surface area (Å²) in [6.07, 6.45) is 7.30. The van der Waals surface area contributed by atoms with Crippen LogP contribution in [-0.2, 0) is 9.84 Å². The van der Waals surface area contributed by atoms with E-state index in [0.717, 1.165) is 16.4 Å². The van der Waals surface area contributed by atoms with Crippen molar-refractivity contribution in [1.82, 2.24) is 0 Å². The minimum absolute atomic E-state index is 0.342. The molecule has 0 N–H and O–H groups in total. The van der Waals surface area contributed by atoms with Crippen molar-refractivity contribution in [1.29, 1.82) is 0 Å². The van der Waals surface area contributed by atoms with E-state index >= 15 is 0 Å². The van der Waals surface area contributed by atoms with Crippen molar-refractivity contribution >= 4 is 28.2 Å². The average molecular weight is 377 g/mol. The minimum atomic E-state index is -3.03. The fourth-order valence-electron chi connectivity index (χ4n) is 2.06. The average Bonchev–Trinajstić information content (AvgIpc) is 2.20. The first-order valence-corrected chi connectivity index (χ1v) is 18.9. The van der Waals surface area contributed by atoms with E-state index in [1.165, 1.54) is 0 Å². The zero-order valence-corrected chi connectivity index (χ0v) is 16.0. The summed E-state index contributed by atoms with van der Waals surface area (Å²) in [6.45, 7) is 3.86. The molecule has 1 aliphatic rings. The summed E-state index contributed by atoms with van der Waals surface area (Å²) in [4.78, 5) is 7.07. The summed E-state index contributed by atoms with van der Waals surface area (Å²) in [5, 5.41) is 0. The van der Waals surface area contributed by atoms with Gasteiger partial charge in [0.05, 0.1) is 0 Å². The van der Waals surface area contributed by atoms with Crippen molar-refractivity contribution < 1.29 is 8.42 Å². The summed E-state index contributed by atoms with van der Waals surface area (Å²) >= 11 is -1.82. The zero-order chi connectivity index (χ0) is 14.0. The van der Waals surface area contributed by atoms with E-state index < -0.39 is 33.0 Å². The molecule has 0 spiro atoms. The van der Waals surface area contributed by atoms with Crippen molar-refractivity contribution in [2.45, 2.75) is 50.7 Å². The molecule has 0 amide bonds. The molecule has 0 aromatic rings. The number of rotatable bonds is 5. The number of hydrogen-bond acceptors (Lipinski definition) is 2. The first-order chi connectivity index (χ1) is 8.06. The van der Waals surface area contributed by atoms with Crippen LogP contribution in [-0.4, -0.2) is 37.3 Å². The molecule has 0 heterocycles. The Bertz CT molecular complexity index is 455. The van der Waals surface area contributed by atoms with Gasteiger partial charge in [0.25, 0.3) is 0 Å². The van der Waals surface area contributed by atoms with Crippen molar-refractivity contribution in [3.05, 3.63) is 23.8 Å². The van der Waals surface area contributed by atoms with Crippen LogP contribution in [0.4, 0.5) is 0 Å². The van der Waals surface area contributed by atoms with Gasteiger partial charge in [-0.3, -0.25) is 0 Å². The molecule has 104 valence electrons. The van der Waals surface area contributed by atoms with Gasteiger partial charge in [0.2, 0.25) is 0 Å². The van der Waals surface area contributed by atoms with Gasteiger partial charge >= 0.3 is 117 Å². The van der Waals surface area contributed by atoms with Gasteiger partial charge in [0.15, 0.2) is 0 Å². The Hall–Kier alpha value is 0.229. The molecule has 4 heteroatoms. The van der Waals surface area contributed by atoms with Gasteiger partial charge < -0.3 is 0 Å². The van der Waals surface area contributed by atoms with E-state index in [1.54, 1.807) is 0 Å². The van der Waals surface area contributed by atoms with Crippen LogP contribution < -0.4 is 0 Å². The topological polar surface area (TPSA) is 34.1 Å². The zero-order valence-electron chi connectivity index (χ0n) is 12.3. The molecule has 1 atom stereocenters. The molecular weight excluding hydrogens is 351 g/mol. The van der Waals surface area contributed by atoms with Crippen LogP contribution in [0.1, 0.15) is 26.7 Å². The Morgan fingerprint density at radius 3 is 2.39 bits per heavy atom. The fourth-order valence-corrected chi connectivity index (χ4v) is 7.93. The molecule has 0 saturated carbocycles. The predicted molar refractivity (Wildman–Crippen MR) is 82.5 cm³/mol. The Morgan fingerprint density at radius 1 is 1.33 bits per heavy atom. The Kier molecular flexibility index (Phi) is 5.15. The maximum absolute atomic E-state index is 12.4. The molecule has 0 aromatic heterocycles. The van der Waals surface area contributed by atoms with Gasteiger partial charge in [0.1, 0.15) is 0 Å². The maximum atomic E-state index is 12.4. The third-order valence-corrected chi connectivity index (χ3v) is 11.4. The molecule has 0 bridgehead atoms. The summed E-state index contributed by atoms with van der Waals surface area (Å²) < 4.78 is 25.4. The molecule has 0 radical (unpaired) electrons.